The summed E-state index contributed by atoms with van der Waals surface area (Å²) in [6.07, 6.45) is 4.17. The number of nitrogens with one attached hydrogen (secondary N) is 2. The molecular formula is C15H30ClN3O3S. The first-order chi connectivity index (χ1) is 10.5. The summed E-state index contributed by atoms with van der Waals surface area (Å²) in [4.78, 5) is 2.55. The summed E-state index contributed by atoms with van der Waals surface area (Å²) in [7, 11) is -3.13. The lowest BCUT2D eigenvalue weighted by Gasteiger charge is -2.39. The molecule has 23 heavy (non-hydrogen) atoms. The minimum absolute atomic E-state index is 0. The van der Waals surface area contributed by atoms with Crippen molar-refractivity contribution in [2.75, 3.05) is 45.1 Å². The van der Waals surface area contributed by atoms with Crippen molar-refractivity contribution in [1.29, 1.82) is 0 Å². The maximum Gasteiger partial charge on any atom is 0.211 e. The highest BCUT2D eigenvalue weighted by molar-refractivity contribution is 7.89. The van der Waals surface area contributed by atoms with Crippen LogP contribution in [0.3, 0.4) is 0 Å². The summed E-state index contributed by atoms with van der Waals surface area (Å²) in [5, 5.41) is 3.43. The monoisotopic (exact) mass is 367 g/mol. The first-order valence-electron chi connectivity index (χ1n) is 8.57. The predicted molar refractivity (Wildman–Crippen MR) is 93.6 cm³/mol. The van der Waals surface area contributed by atoms with Crippen molar-refractivity contribution in [3.8, 4) is 0 Å². The van der Waals surface area contributed by atoms with Gasteiger partial charge < -0.3 is 15.0 Å². The van der Waals surface area contributed by atoms with E-state index < -0.39 is 10.0 Å². The van der Waals surface area contributed by atoms with E-state index in [9.17, 15) is 8.42 Å². The lowest BCUT2D eigenvalue weighted by atomic mass is 9.87. The molecule has 3 saturated heterocycles. The van der Waals surface area contributed by atoms with E-state index in [0.717, 1.165) is 51.4 Å². The molecule has 3 rings (SSSR count). The van der Waals surface area contributed by atoms with Crippen molar-refractivity contribution in [1.82, 2.24) is 14.9 Å². The molecule has 0 radical (unpaired) electrons. The van der Waals surface area contributed by atoms with Gasteiger partial charge in [-0.1, -0.05) is 0 Å². The van der Waals surface area contributed by atoms with Crippen molar-refractivity contribution < 1.29 is 13.2 Å². The van der Waals surface area contributed by atoms with Gasteiger partial charge in [-0.3, -0.25) is 0 Å². The van der Waals surface area contributed by atoms with Gasteiger partial charge in [-0.2, -0.15) is 0 Å². The van der Waals surface area contributed by atoms with Crippen LogP contribution in [0.4, 0.5) is 0 Å². The number of ether oxygens (including phenoxy) is 1. The number of piperidine rings is 1. The first kappa shape index (κ1) is 19.4. The SMILES string of the molecule is CCS(=O)(=O)NC1COC2(CCN(C[C@@H]3CCNC3)CC2)C1.Cl. The van der Waals surface area contributed by atoms with Crippen molar-refractivity contribution in [2.45, 2.75) is 44.2 Å². The third-order valence-electron chi connectivity index (χ3n) is 5.38. The van der Waals surface area contributed by atoms with Gasteiger partial charge in [0.05, 0.1) is 18.0 Å². The lowest BCUT2D eigenvalue weighted by Crippen LogP contribution is -2.46. The van der Waals surface area contributed by atoms with Crippen LogP contribution in [0.25, 0.3) is 0 Å². The number of sulfonamides is 1. The molecule has 1 spiro atoms. The van der Waals surface area contributed by atoms with E-state index in [2.05, 4.69) is 14.9 Å². The van der Waals surface area contributed by atoms with E-state index in [4.69, 9.17) is 4.74 Å². The molecule has 0 aromatic heterocycles. The van der Waals surface area contributed by atoms with Crippen LogP contribution in [-0.2, 0) is 14.8 Å². The molecule has 0 aromatic rings. The highest BCUT2D eigenvalue weighted by atomic mass is 35.5. The second kappa shape index (κ2) is 7.97. The van der Waals surface area contributed by atoms with E-state index in [1.165, 1.54) is 13.0 Å². The molecular weight excluding hydrogens is 338 g/mol. The third kappa shape index (κ3) is 5.03. The average Bonchev–Trinajstić information content (AvgIpc) is 3.12. The molecule has 3 heterocycles. The quantitative estimate of drug-likeness (QED) is 0.743. The molecule has 3 aliphatic heterocycles. The summed E-state index contributed by atoms with van der Waals surface area (Å²) in [5.41, 5.74) is -0.0919. The summed E-state index contributed by atoms with van der Waals surface area (Å²) in [6, 6.07) is -0.0458. The Kier molecular flexibility index (Phi) is 6.73. The lowest BCUT2D eigenvalue weighted by molar-refractivity contribution is -0.0452. The van der Waals surface area contributed by atoms with Gasteiger partial charge in [0.1, 0.15) is 0 Å². The second-order valence-corrected chi connectivity index (χ2v) is 9.12. The van der Waals surface area contributed by atoms with E-state index in [1.807, 2.05) is 0 Å². The fourth-order valence-electron chi connectivity index (χ4n) is 3.98. The molecule has 8 heteroatoms. The Morgan fingerprint density at radius 2 is 2.09 bits per heavy atom. The van der Waals surface area contributed by atoms with Crippen LogP contribution in [0.5, 0.6) is 0 Å². The zero-order valence-corrected chi connectivity index (χ0v) is 15.6. The third-order valence-corrected chi connectivity index (χ3v) is 6.83. The Labute approximate surface area is 146 Å². The van der Waals surface area contributed by atoms with Crippen molar-refractivity contribution in [3.05, 3.63) is 0 Å². The van der Waals surface area contributed by atoms with Crippen LogP contribution in [0.1, 0.15) is 32.6 Å². The van der Waals surface area contributed by atoms with Crippen LogP contribution in [0.2, 0.25) is 0 Å². The topological polar surface area (TPSA) is 70.7 Å². The number of hydrogen-bond donors (Lipinski definition) is 2. The highest BCUT2D eigenvalue weighted by Crippen LogP contribution is 2.36. The summed E-state index contributed by atoms with van der Waals surface area (Å²) in [5.74, 6) is 0.933. The Hall–Kier alpha value is 0.0800. The normalized spacial score (nSPS) is 31.3. The molecule has 2 atom stereocenters. The van der Waals surface area contributed by atoms with Crippen molar-refractivity contribution in [2.24, 2.45) is 5.92 Å². The second-order valence-electron chi connectivity index (χ2n) is 7.08. The molecule has 2 N–H and O–H groups in total. The molecule has 0 aromatic carbocycles. The molecule has 0 amide bonds. The summed E-state index contributed by atoms with van der Waals surface area (Å²) >= 11 is 0. The molecule has 0 aliphatic carbocycles. The van der Waals surface area contributed by atoms with Gasteiger partial charge in [-0.25, -0.2) is 13.1 Å². The molecule has 0 bridgehead atoms. The largest absolute Gasteiger partial charge is 0.373 e. The molecule has 0 saturated carbocycles. The minimum Gasteiger partial charge on any atom is -0.373 e. The van der Waals surface area contributed by atoms with Gasteiger partial charge in [-0.15, -0.1) is 12.4 Å². The number of halogens is 1. The van der Waals surface area contributed by atoms with E-state index in [1.54, 1.807) is 6.92 Å². The van der Waals surface area contributed by atoms with Gasteiger partial charge >= 0.3 is 0 Å². The van der Waals surface area contributed by atoms with E-state index in [0.29, 0.717) is 6.61 Å². The number of rotatable bonds is 5. The van der Waals surface area contributed by atoms with Crippen LogP contribution in [-0.4, -0.2) is 70.0 Å². The molecule has 6 nitrogen and oxygen atoms in total. The Bertz CT molecular complexity index is 474. The maximum atomic E-state index is 11.7. The Morgan fingerprint density at radius 1 is 1.35 bits per heavy atom. The summed E-state index contributed by atoms with van der Waals surface area (Å²) in [6.45, 7) is 7.84. The minimum atomic E-state index is -3.13. The standard InChI is InChI=1S/C15H29N3O3S.ClH/c1-2-22(19,20)17-14-9-15(21-12-14)4-7-18(8-5-15)11-13-3-6-16-10-13;/h13-14,16-17H,2-12H2,1H3;1H/t13-,14?;/m1./s1. The Morgan fingerprint density at radius 3 is 2.70 bits per heavy atom. The molecule has 136 valence electrons. The van der Waals surface area contributed by atoms with Crippen LogP contribution in [0, 0.1) is 5.92 Å². The molecule has 3 fully saturated rings. The van der Waals surface area contributed by atoms with Crippen molar-refractivity contribution >= 4 is 22.4 Å². The zero-order chi connectivity index (χ0) is 15.6. The number of likely N-dealkylation sites (tertiary alicyclic amines) is 1. The maximum absolute atomic E-state index is 11.7. The Balaban J connectivity index is 0.00000192. The molecule has 3 aliphatic rings. The highest BCUT2D eigenvalue weighted by Gasteiger charge is 2.43. The van der Waals surface area contributed by atoms with Gasteiger partial charge in [0.15, 0.2) is 0 Å². The van der Waals surface area contributed by atoms with Crippen LogP contribution >= 0.6 is 12.4 Å². The van der Waals surface area contributed by atoms with Crippen LogP contribution < -0.4 is 10.0 Å². The fraction of sp³-hybridized carbons (Fsp3) is 1.00. The van der Waals surface area contributed by atoms with Gasteiger partial charge in [0, 0.05) is 25.7 Å². The zero-order valence-electron chi connectivity index (χ0n) is 13.9. The number of nitrogens with zero attached hydrogens (tertiary/aromatic N) is 1. The molecule has 1 unspecified atom stereocenters. The van der Waals surface area contributed by atoms with Gasteiger partial charge in [0.25, 0.3) is 0 Å². The number of hydrogen-bond acceptors (Lipinski definition) is 5. The van der Waals surface area contributed by atoms with E-state index in [-0.39, 0.29) is 29.8 Å². The van der Waals surface area contributed by atoms with Crippen LogP contribution in [0.15, 0.2) is 0 Å². The first-order valence-corrected chi connectivity index (χ1v) is 10.2. The van der Waals surface area contributed by atoms with Gasteiger partial charge in [0.2, 0.25) is 10.0 Å². The summed E-state index contributed by atoms with van der Waals surface area (Å²) < 4.78 is 32.2. The predicted octanol–water partition coefficient (Wildman–Crippen LogP) is 0.580. The average molecular weight is 368 g/mol. The van der Waals surface area contributed by atoms with Gasteiger partial charge in [-0.05, 0) is 51.6 Å². The fourth-order valence-corrected chi connectivity index (χ4v) is 4.81. The smallest absolute Gasteiger partial charge is 0.211 e. The van der Waals surface area contributed by atoms with E-state index >= 15 is 0 Å². The van der Waals surface area contributed by atoms with Crippen molar-refractivity contribution in [3.63, 3.8) is 0 Å².